The second kappa shape index (κ2) is 51.7. The summed E-state index contributed by atoms with van der Waals surface area (Å²) < 4.78 is 59.1. The Bertz CT molecular complexity index is 6090. The summed E-state index contributed by atoms with van der Waals surface area (Å²) in [7, 11) is 0. The van der Waals surface area contributed by atoms with Crippen LogP contribution >= 0.6 is 0 Å². The summed E-state index contributed by atoms with van der Waals surface area (Å²) >= 11 is 0. The van der Waals surface area contributed by atoms with Gasteiger partial charge in [0.15, 0.2) is 0 Å². The molecule has 20 rings (SSSR count). The quantitative estimate of drug-likeness (QED) is 0.0875. The van der Waals surface area contributed by atoms with Gasteiger partial charge in [-0.1, -0.05) is 193 Å². The maximum Gasteiger partial charge on any atom is 0.0600 e. The number of benzene rings is 12. The topological polar surface area (TPSA) is 123 Å². The fourth-order valence-electron chi connectivity index (χ4n) is 12.6. The Hall–Kier alpha value is -13.6. The van der Waals surface area contributed by atoms with Crippen molar-refractivity contribution in [3.8, 4) is 112 Å². The molecule has 20 aromatic rings. The number of pyridine rings is 4. The van der Waals surface area contributed by atoms with Crippen molar-refractivity contribution in [3.05, 3.63) is 508 Å². The van der Waals surface area contributed by atoms with E-state index in [1.807, 2.05) is 215 Å². The molecule has 8 aromatic heterocycles. The molecule has 128 heavy (non-hydrogen) atoms. The van der Waals surface area contributed by atoms with Gasteiger partial charge < -0.3 is 19.9 Å². The number of halogens is 4. The van der Waals surface area contributed by atoms with Crippen LogP contribution in [-0.4, -0.2) is 59.1 Å². The van der Waals surface area contributed by atoms with Gasteiger partial charge >= 0.3 is 0 Å². The molecule has 0 aliphatic heterocycles. The Kier molecular flexibility index (Phi) is 39.7. The van der Waals surface area contributed by atoms with Gasteiger partial charge in [0, 0.05) is 165 Å². The predicted molar refractivity (Wildman–Crippen MR) is 484 cm³/mol. The summed E-state index contributed by atoms with van der Waals surface area (Å²) in [5, 5.41) is 17.4. The van der Waals surface area contributed by atoms with Gasteiger partial charge in [0.2, 0.25) is 0 Å². The molecule has 12 aromatic carbocycles. The fourth-order valence-corrected chi connectivity index (χ4v) is 12.6. The minimum Gasteiger partial charge on any atom is -0.305 e. The first-order valence-corrected chi connectivity index (χ1v) is 39.5. The molecule has 8 heterocycles. The molecule has 0 aliphatic carbocycles. The van der Waals surface area contributed by atoms with Crippen LogP contribution in [-0.2, 0) is 80.4 Å². The first-order valence-electron chi connectivity index (χ1n) is 39.5. The van der Waals surface area contributed by atoms with Crippen LogP contribution in [0.2, 0.25) is 0 Å². The van der Waals surface area contributed by atoms with Gasteiger partial charge in [0.05, 0.1) is 11.4 Å². The zero-order valence-electron chi connectivity index (χ0n) is 69.5. The smallest absolute Gasteiger partial charge is 0.0600 e. The van der Waals surface area contributed by atoms with Crippen molar-refractivity contribution >= 4 is 0 Å². The van der Waals surface area contributed by atoms with Crippen molar-refractivity contribution in [1.29, 1.82) is 0 Å². The number of hydrogen-bond acceptors (Lipinski definition) is 8. The van der Waals surface area contributed by atoms with Crippen molar-refractivity contribution in [2.75, 3.05) is 0 Å². The third-order valence-corrected chi connectivity index (χ3v) is 18.4. The Morgan fingerprint density at radius 3 is 0.812 bits per heavy atom. The van der Waals surface area contributed by atoms with Gasteiger partial charge in [-0.15, -0.1) is 143 Å². The SMILES string of the molecule is Cc1cc(C)n(-c2[c-]ccc(-c3ccccc3)c2)n1.Cc1cc(C)n(-c2[c-]ccc(-c3ccccc3)c2)n1.Fc1c[c-]c(-c2ccccn2)c(F)c1.Fc1c[c-]c(-c2ccccn2)c(F)c1.[Ir].[Ir].[Ir].[Ir].[c-]1ccc(-c2ccccc2)cc1-n1cccn1.[c-]1ccc(-c2ccccc2)cc1-n1cccn1.[c-]1ccccc1-c1ccccn1.[c-]1ccccc1-c1ccccn1. The van der Waals surface area contributed by atoms with Crippen LogP contribution in [0.25, 0.3) is 112 Å². The molecular weight excluding hydrogens is 2310 g/mol. The van der Waals surface area contributed by atoms with E-state index in [0.717, 1.165) is 92.3 Å². The van der Waals surface area contributed by atoms with Gasteiger partial charge in [-0.25, -0.2) is 0 Å². The van der Waals surface area contributed by atoms with E-state index in [2.05, 4.69) is 236 Å². The number of aryl methyl sites for hydroxylation is 4. The van der Waals surface area contributed by atoms with E-state index >= 15 is 0 Å². The molecular formula is C108H80F4Ir4N12-8. The van der Waals surface area contributed by atoms with Crippen LogP contribution in [0.5, 0.6) is 0 Å². The van der Waals surface area contributed by atoms with Crippen molar-refractivity contribution in [2.45, 2.75) is 27.7 Å². The van der Waals surface area contributed by atoms with Crippen LogP contribution in [0.15, 0.2) is 414 Å². The van der Waals surface area contributed by atoms with Crippen LogP contribution in [0.1, 0.15) is 22.8 Å². The Balaban J connectivity index is 0.000000165. The monoisotopic (exact) mass is 2390 g/mol. The molecule has 0 fully saturated rings. The van der Waals surface area contributed by atoms with Gasteiger partial charge in [0.1, 0.15) is 0 Å². The van der Waals surface area contributed by atoms with E-state index in [4.69, 9.17) is 0 Å². The molecule has 20 heteroatoms. The maximum atomic E-state index is 13.2. The Morgan fingerprint density at radius 1 is 0.250 bits per heavy atom. The predicted octanol–water partition coefficient (Wildman–Crippen LogP) is 25.3. The van der Waals surface area contributed by atoms with E-state index in [9.17, 15) is 17.6 Å². The summed E-state index contributed by atoms with van der Waals surface area (Å²) in [6, 6.07) is 139. The minimum atomic E-state index is -0.649. The molecule has 0 spiro atoms. The molecule has 0 saturated carbocycles. The van der Waals surface area contributed by atoms with E-state index in [1.165, 1.54) is 44.5 Å². The second-order valence-electron chi connectivity index (χ2n) is 27.4. The number of hydrogen-bond donors (Lipinski definition) is 0. The standard InChI is InChI=1S/2C17H15N2.2C15H11N2.2C11H6F2N.2C11H8N.4Ir/c2*1-13-11-14(2)19(18-13)17-10-6-9-16(12-17)15-7-4-3-5-8-15;2*1-2-6-13(7-3-1)14-8-4-9-15(12-14)17-11-5-10-16-17;2*12-8-4-5-9(10(13)7-8)11-3-1-2-6-14-11;2*1-2-6-10(7-3-1)11-8-4-5-9-12-11;;;;/h2*3-9,11-12H,1-2H3;2*1-8,10-12H;2*1-4,6-7H;2*1-6,8-9H;;;;/q8*-1;;;;. The van der Waals surface area contributed by atoms with Crippen molar-refractivity contribution in [3.63, 3.8) is 0 Å². The molecule has 0 aliphatic rings. The Morgan fingerprint density at radius 2 is 0.547 bits per heavy atom. The normalized spacial score (nSPS) is 9.94. The van der Waals surface area contributed by atoms with Gasteiger partial charge in [-0.05, 0) is 144 Å². The van der Waals surface area contributed by atoms with Crippen molar-refractivity contribution < 1.29 is 98.0 Å². The summed E-state index contributed by atoms with van der Waals surface area (Å²) in [4.78, 5) is 16.3. The van der Waals surface area contributed by atoms with E-state index in [0.29, 0.717) is 11.4 Å². The Labute approximate surface area is 798 Å². The molecule has 12 nitrogen and oxygen atoms in total. The second-order valence-corrected chi connectivity index (χ2v) is 27.4. The van der Waals surface area contributed by atoms with Gasteiger partial charge in [-0.3, -0.25) is 36.3 Å². The summed E-state index contributed by atoms with van der Waals surface area (Å²) in [6.07, 6.45) is 14.0. The number of aromatic nitrogens is 12. The maximum absolute atomic E-state index is 13.2. The molecule has 4 radical (unpaired) electrons. The van der Waals surface area contributed by atoms with Gasteiger partial charge in [0.25, 0.3) is 0 Å². The zero-order valence-corrected chi connectivity index (χ0v) is 79.1. The van der Waals surface area contributed by atoms with E-state index in [1.54, 1.807) is 73.6 Å². The molecule has 644 valence electrons. The van der Waals surface area contributed by atoms with Crippen molar-refractivity contribution in [2.24, 2.45) is 0 Å². The largest absolute Gasteiger partial charge is 0.305 e. The van der Waals surface area contributed by atoms with Crippen LogP contribution in [0, 0.1) is 99.5 Å². The average Bonchev–Trinajstić information content (AvgIpc) is 1.47. The molecule has 0 saturated heterocycles. The number of nitrogens with zero attached hydrogens (tertiary/aromatic N) is 12. The minimum absolute atomic E-state index is 0. The molecule has 0 bridgehead atoms. The first kappa shape index (κ1) is 98.2. The molecule has 0 unspecified atom stereocenters. The molecule has 0 N–H and O–H groups in total. The zero-order chi connectivity index (χ0) is 85.9. The summed E-state index contributed by atoms with van der Waals surface area (Å²) in [5.41, 5.74) is 23.0. The summed E-state index contributed by atoms with van der Waals surface area (Å²) in [6.45, 7) is 8.13. The average molecular weight is 2390 g/mol. The van der Waals surface area contributed by atoms with Crippen LogP contribution in [0.3, 0.4) is 0 Å². The fraction of sp³-hybridized carbons (Fsp3) is 0.0370. The van der Waals surface area contributed by atoms with Gasteiger partial charge in [-0.2, -0.15) is 93.2 Å². The van der Waals surface area contributed by atoms with E-state index < -0.39 is 23.3 Å². The first-order chi connectivity index (χ1) is 60.8. The van der Waals surface area contributed by atoms with Crippen LogP contribution in [0.4, 0.5) is 17.6 Å². The third-order valence-electron chi connectivity index (χ3n) is 18.4. The summed E-state index contributed by atoms with van der Waals surface area (Å²) in [5.74, 6) is -2.57. The number of rotatable bonds is 12. The van der Waals surface area contributed by atoms with Crippen LogP contribution < -0.4 is 0 Å². The molecule has 0 amide bonds. The van der Waals surface area contributed by atoms with Crippen molar-refractivity contribution in [1.82, 2.24) is 59.1 Å². The third kappa shape index (κ3) is 29.2. The van der Waals surface area contributed by atoms with E-state index in [-0.39, 0.29) is 91.5 Å². The molecule has 0 atom stereocenters.